The molecule has 7 heteroatoms. The summed E-state index contributed by atoms with van der Waals surface area (Å²) in [5, 5.41) is 3.33. The number of halogens is 1. The molecule has 0 saturated carbocycles. The van der Waals surface area contributed by atoms with Crippen molar-refractivity contribution in [1.82, 2.24) is 14.9 Å². The molecule has 1 aromatic heterocycles. The van der Waals surface area contributed by atoms with E-state index in [0.717, 1.165) is 41.7 Å². The monoisotopic (exact) mass is 477 g/mol. The minimum absolute atomic E-state index is 0. The van der Waals surface area contributed by atoms with E-state index >= 15 is 0 Å². The number of imidazole rings is 1. The van der Waals surface area contributed by atoms with Crippen LogP contribution >= 0.6 is 24.0 Å². The smallest absolute Gasteiger partial charge is 0.189 e. The van der Waals surface area contributed by atoms with Gasteiger partial charge < -0.3 is 20.4 Å². The van der Waals surface area contributed by atoms with E-state index in [-0.39, 0.29) is 30.0 Å². The molecule has 1 atom stereocenters. The van der Waals surface area contributed by atoms with Gasteiger partial charge in [-0.05, 0) is 24.6 Å². The van der Waals surface area contributed by atoms with Crippen molar-refractivity contribution in [2.45, 2.75) is 25.4 Å². The van der Waals surface area contributed by atoms with Gasteiger partial charge in [-0.3, -0.25) is 4.99 Å². The number of hydrogen-bond acceptors (Lipinski definition) is 3. The Morgan fingerprint density at radius 2 is 2.04 bits per heavy atom. The zero-order valence-electron chi connectivity index (χ0n) is 15.0. The van der Waals surface area contributed by atoms with Crippen LogP contribution in [-0.2, 0) is 6.54 Å². The molecular formula is C20H24IN5O. The summed E-state index contributed by atoms with van der Waals surface area (Å²) >= 11 is 0. The molecule has 3 N–H and O–H groups in total. The number of ether oxygens (including phenoxy) is 1. The molecule has 1 unspecified atom stereocenters. The third-order valence-electron chi connectivity index (χ3n) is 4.65. The molecule has 0 saturated heterocycles. The standard InChI is InChI=1S/C20H23N5O.HI/c21-20(24-16-10-13-26-19-9-4-1-6-15(16)19)22-11-5-12-25-14-23-17-7-2-3-8-18(17)25;/h1-4,6-9,14,16H,5,10-13H2,(H3,21,22,24);1H. The number of nitrogens with zero attached hydrogens (tertiary/aromatic N) is 3. The zero-order chi connectivity index (χ0) is 17.8. The predicted molar refractivity (Wildman–Crippen MR) is 119 cm³/mol. The van der Waals surface area contributed by atoms with Crippen LogP contribution in [0.3, 0.4) is 0 Å². The molecular weight excluding hydrogens is 453 g/mol. The summed E-state index contributed by atoms with van der Waals surface area (Å²) in [7, 11) is 0. The van der Waals surface area contributed by atoms with Crippen molar-refractivity contribution in [3.05, 3.63) is 60.4 Å². The second-order valence-corrected chi connectivity index (χ2v) is 6.42. The summed E-state index contributed by atoms with van der Waals surface area (Å²) in [6.45, 7) is 2.24. The van der Waals surface area contributed by atoms with Crippen molar-refractivity contribution in [3.8, 4) is 5.75 Å². The zero-order valence-corrected chi connectivity index (χ0v) is 17.4. The fraction of sp³-hybridized carbons (Fsp3) is 0.300. The fourth-order valence-electron chi connectivity index (χ4n) is 3.35. The van der Waals surface area contributed by atoms with Crippen LogP contribution in [0.15, 0.2) is 59.9 Å². The number of rotatable bonds is 5. The van der Waals surface area contributed by atoms with E-state index in [1.54, 1.807) is 0 Å². The number of nitrogens with one attached hydrogen (secondary N) is 1. The maximum absolute atomic E-state index is 6.09. The van der Waals surface area contributed by atoms with Crippen molar-refractivity contribution >= 4 is 41.0 Å². The first-order valence-electron chi connectivity index (χ1n) is 8.99. The molecule has 0 bridgehead atoms. The number of para-hydroxylation sites is 3. The van der Waals surface area contributed by atoms with Gasteiger partial charge in [-0.2, -0.15) is 0 Å². The van der Waals surface area contributed by atoms with Crippen LogP contribution < -0.4 is 15.8 Å². The van der Waals surface area contributed by atoms with Crippen molar-refractivity contribution in [2.24, 2.45) is 10.7 Å². The Balaban J connectivity index is 0.00000210. The van der Waals surface area contributed by atoms with E-state index in [1.807, 2.05) is 42.7 Å². The fourth-order valence-corrected chi connectivity index (χ4v) is 3.35. The molecule has 0 radical (unpaired) electrons. The summed E-state index contributed by atoms with van der Waals surface area (Å²) in [6, 6.07) is 16.4. The van der Waals surface area contributed by atoms with Crippen LogP contribution in [0.4, 0.5) is 0 Å². The second kappa shape index (κ2) is 9.07. The van der Waals surface area contributed by atoms with E-state index < -0.39 is 0 Å². The highest BCUT2D eigenvalue weighted by atomic mass is 127. The third kappa shape index (κ3) is 4.52. The number of nitrogens with two attached hydrogens (primary N) is 1. The van der Waals surface area contributed by atoms with Gasteiger partial charge in [0.1, 0.15) is 5.75 Å². The quantitative estimate of drug-likeness (QED) is 0.255. The van der Waals surface area contributed by atoms with E-state index in [1.165, 1.54) is 0 Å². The third-order valence-corrected chi connectivity index (χ3v) is 4.65. The molecule has 0 aliphatic carbocycles. The number of aliphatic imine (C=N–C) groups is 1. The largest absolute Gasteiger partial charge is 0.493 e. The molecule has 1 aliphatic rings. The van der Waals surface area contributed by atoms with Crippen molar-refractivity contribution in [1.29, 1.82) is 0 Å². The summed E-state index contributed by atoms with van der Waals surface area (Å²) < 4.78 is 7.84. The van der Waals surface area contributed by atoms with Crippen LogP contribution in [0.5, 0.6) is 5.75 Å². The number of aromatic nitrogens is 2. The Morgan fingerprint density at radius 1 is 1.22 bits per heavy atom. The van der Waals surface area contributed by atoms with Crippen LogP contribution in [0, 0.1) is 0 Å². The summed E-state index contributed by atoms with van der Waals surface area (Å²) in [4.78, 5) is 8.89. The van der Waals surface area contributed by atoms with Crippen molar-refractivity contribution in [2.75, 3.05) is 13.2 Å². The summed E-state index contributed by atoms with van der Waals surface area (Å²) in [5.41, 5.74) is 9.41. The van der Waals surface area contributed by atoms with Gasteiger partial charge in [-0.1, -0.05) is 30.3 Å². The minimum Gasteiger partial charge on any atom is -0.493 e. The number of guanidine groups is 1. The van der Waals surface area contributed by atoms with Gasteiger partial charge in [0.25, 0.3) is 0 Å². The average Bonchev–Trinajstić information content (AvgIpc) is 3.09. The van der Waals surface area contributed by atoms with Crippen LogP contribution in [0.25, 0.3) is 11.0 Å². The van der Waals surface area contributed by atoms with E-state index in [4.69, 9.17) is 10.5 Å². The molecule has 0 fully saturated rings. The van der Waals surface area contributed by atoms with Gasteiger partial charge in [-0.25, -0.2) is 4.98 Å². The Hall–Kier alpha value is -2.29. The lowest BCUT2D eigenvalue weighted by molar-refractivity contribution is 0.262. The van der Waals surface area contributed by atoms with Crippen molar-refractivity contribution < 1.29 is 4.74 Å². The Morgan fingerprint density at radius 3 is 2.96 bits per heavy atom. The first kappa shape index (κ1) is 19.5. The normalized spacial score (nSPS) is 16.3. The van der Waals surface area contributed by atoms with Gasteiger partial charge >= 0.3 is 0 Å². The number of aryl methyl sites for hydroxylation is 1. The number of benzene rings is 2. The lowest BCUT2D eigenvalue weighted by Gasteiger charge is -2.26. The molecule has 27 heavy (non-hydrogen) atoms. The summed E-state index contributed by atoms with van der Waals surface area (Å²) in [6.07, 6.45) is 3.68. The SMILES string of the molecule is I.NC(=NCCCn1cnc2ccccc21)NC1CCOc2ccccc21. The Kier molecular flexibility index (Phi) is 6.54. The van der Waals surface area contributed by atoms with Crippen LogP contribution in [0.2, 0.25) is 0 Å². The lowest BCUT2D eigenvalue weighted by Crippen LogP contribution is -2.37. The Bertz CT molecular complexity index is 923. The molecule has 3 aromatic rings. The molecule has 0 amide bonds. The highest BCUT2D eigenvalue weighted by molar-refractivity contribution is 14.0. The van der Waals surface area contributed by atoms with Crippen molar-refractivity contribution in [3.63, 3.8) is 0 Å². The molecule has 4 rings (SSSR count). The van der Waals surface area contributed by atoms with Crippen LogP contribution in [-0.4, -0.2) is 28.7 Å². The van der Waals surface area contributed by atoms with E-state index in [0.29, 0.717) is 19.1 Å². The minimum atomic E-state index is 0. The second-order valence-electron chi connectivity index (χ2n) is 6.42. The van der Waals surface area contributed by atoms with Gasteiger partial charge in [0.15, 0.2) is 5.96 Å². The maximum atomic E-state index is 6.09. The molecule has 1 aliphatic heterocycles. The first-order valence-corrected chi connectivity index (χ1v) is 8.99. The Labute approximate surface area is 175 Å². The lowest BCUT2D eigenvalue weighted by atomic mass is 10.0. The number of hydrogen-bond donors (Lipinski definition) is 2. The van der Waals surface area contributed by atoms with Gasteiger partial charge in [-0.15, -0.1) is 24.0 Å². The summed E-state index contributed by atoms with van der Waals surface area (Å²) in [5.74, 6) is 1.42. The highest BCUT2D eigenvalue weighted by Gasteiger charge is 2.21. The average molecular weight is 477 g/mol. The highest BCUT2D eigenvalue weighted by Crippen LogP contribution is 2.31. The first-order chi connectivity index (χ1) is 12.8. The predicted octanol–water partition coefficient (Wildman–Crippen LogP) is 3.47. The van der Waals surface area contributed by atoms with Gasteiger partial charge in [0.2, 0.25) is 0 Å². The molecule has 142 valence electrons. The van der Waals surface area contributed by atoms with E-state index in [2.05, 4.69) is 32.0 Å². The molecule has 2 heterocycles. The maximum Gasteiger partial charge on any atom is 0.189 e. The molecule has 6 nitrogen and oxygen atoms in total. The van der Waals surface area contributed by atoms with Gasteiger partial charge in [0, 0.05) is 25.1 Å². The van der Waals surface area contributed by atoms with Crippen LogP contribution in [0.1, 0.15) is 24.4 Å². The van der Waals surface area contributed by atoms with E-state index in [9.17, 15) is 0 Å². The topological polar surface area (TPSA) is 77.5 Å². The van der Waals surface area contributed by atoms with Gasteiger partial charge in [0.05, 0.1) is 30.0 Å². The number of fused-ring (bicyclic) bond motifs is 2. The molecule has 0 spiro atoms. The molecule has 2 aromatic carbocycles.